The van der Waals surface area contributed by atoms with Crippen LogP contribution in [0.15, 0.2) is 30.6 Å². The summed E-state index contributed by atoms with van der Waals surface area (Å²) in [4.78, 5) is 9.93. The van der Waals surface area contributed by atoms with Crippen LogP contribution in [0.4, 0.5) is 15.8 Å². The molecule has 0 saturated carbocycles. The Morgan fingerprint density at radius 1 is 1.57 bits per heavy atom. The Bertz CT molecular complexity index is 629. The van der Waals surface area contributed by atoms with Gasteiger partial charge in [0.05, 0.1) is 28.3 Å². The summed E-state index contributed by atoms with van der Waals surface area (Å²) < 4.78 is 14.7. The molecule has 0 fully saturated rings. The summed E-state index contributed by atoms with van der Waals surface area (Å²) in [5, 5.41) is 27.0. The van der Waals surface area contributed by atoms with Gasteiger partial charge in [-0.2, -0.15) is 5.10 Å². The summed E-state index contributed by atoms with van der Waals surface area (Å²) in [6.07, 6.45) is 1.38. The zero-order valence-electron chi connectivity index (χ0n) is 10.7. The number of rotatable bonds is 6. The van der Waals surface area contributed by atoms with Crippen molar-refractivity contribution in [1.29, 1.82) is 0 Å². The molecule has 0 amide bonds. The van der Waals surface area contributed by atoms with Crippen LogP contribution >= 0.6 is 11.6 Å². The summed E-state index contributed by atoms with van der Waals surface area (Å²) in [5.41, 5.74) is -0.0584. The van der Waals surface area contributed by atoms with Crippen molar-refractivity contribution in [3.05, 3.63) is 51.5 Å². The van der Waals surface area contributed by atoms with E-state index >= 15 is 0 Å². The molecule has 2 rings (SSSR count). The zero-order valence-corrected chi connectivity index (χ0v) is 11.5. The molecule has 1 aromatic carbocycles. The van der Waals surface area contributed by atoms with Crippen LogP contribution in [0.1, 0.15) is 0 Å². The molecule has 2 aromatic rings. The number of hydrogen-bond acceptors (Lipinski definition) is 5. The monoisotopic (exact) mass is 314 g/mol. The van der Waals surface area contributed by atoms with Gasteiger partial charge in [0.15, 0.2) is 0 Å². The number of aliphatic hydroxyl groups is 1. The van der Waals surface area contributed by atoms with Gasteiger partial charge in [-0.25, -0.2) is 4.39 Å². The van der Waals surface area contributed by atoms with E-state index in [0.717, 1.165) is 6.20 Å². The molecule has 0 saturated heterocycles. The second kappa shape index (κ2) is 6.51. The van der Waals surface area contributed by atoms with Crippen LogP contribution in [0.25, 0.3) is 0 Å². The number of para-hydroxylation sites is 1. The van der Waals surface area contributed by atoms with Crippen LogP contribution in [-0.2, 0) is 6.54 Å². The van der Waals surface area contributed by atoms with Crippen molar-refractivity contribution in [2.24, 2.45) is 0 Å². The van der Waals surface area contributed by atoms with Crippen molar-refractivity contribution in [2.45, 2.75) is 12.6 Å². The highest BCUT2D eigenvalue weighted by Crippen LogP contribution is 2.24. The van der Waals surface area contributed by atoms with E-state index in [1.54, 1.807) is 0 Å². The predicted molar refractivity (Wildman–Crippen MR) is 74.8 cm³/mol. The molecular formula is C12H12ClFN4O3. The van der Waals surface area contributed by atoms with Gasteiger partial charge in [-0.05, 0) is 12.1 Å². The summed E-state index contributed by atoms with van der Waals surface area (Å²) >= 11 is 5.83. The second-order valence-corrected chi connectivity index (χ2v) is 4.72. The highest BCUT2D eigenvalue weighted by molar-refractivity contribution is 6.33. The molecule has 0 aliphatic heterocycles. The first-order chi connectivity index (χ1) is 9.97. The maximum Gasteiger partial charge on any atom is 0.306 e. The number of benzene rings is 1. The SMILES string of the molecule is O=[N+]([O-])c1cnn(CC(O)CNc2c(F)cccc2Cl)c1. The summed E-state index contributed by atoms with van der Waals surface area (Å²) in [6.45, 7) is 0.0568. The van der Waals surface area contributed by atoms with Crippen molar-refractivity contribution in [3.63, 3.8) is 0 Å². The van der Waals surface area contributed by atoms with E-state index < -0.39 is 16.8 Å². The Morgan fingerprint density at radius 3 is 2.95 bits per heavy atom. The Labute approximate surface area is 124 Å². The minimum absolute atomic E-state index is 0.0221. The zero-order chi connectivity index (χ0) is 15.4. The van der Waals surface area contributed by atoms with Gasteiger partial charge in [0.1, 0.15) is 18.2 Å². The number of aromatic nitrogens is 2. The molecule has 2 N–H and O–H groups in total. The first kappa shape index (κ1) is 15.2. The van der Waals surface area contributed by atoms with Crippen LogP contribution in [0.3, 0.4) is 0 Å². The van der Waals surface area contributed by atoms with Gasteiger partial charge < -0.3 is 10.4 Å². The van der Waals surface area contributed by atoms with E-state index in [0.29, 0.717) is 0 Å². The van der Waals surface area contributed by atoms with Gasteiger partial charge in [-0.1, -0.05) is 17.7 Å². The lowest BCUT2D eigenvalue weighted by atomic mass is 10.3. The van der Waals surface area contributed by atoms with Gasteiger partial charge in [-0.15, -0.1) is 0 Å². The van der Waals surface area contributed by atoms with Gasteiger partial charge in [0.2, 0.25) is 0 Å². The van der Waals surface area contributed by atoms with Gasteiger partial charge in [0.25, 0.3) is 0 Å². The topological polar surface area (TPSA) is 93.2 Å². The first-order valence-electron chi connectivity index (χ1n) is 6.00. The molecule has 1 atom stereocenters. The molecule has 0 radical (unpaired) electrons. The van der Waals surface area contributed by atoms with Crippen LogP contribution in [-0.4, -0.2) is 32.5 Å². The summed E-state index contributed by atoms with van der Waals surface area (Å²) in [6, 6.07) is 4.25. The van der Waals surface area contributed by atoms with E-state index in [-0.39, 0.29) is 29.5 Å². The van der Waals surface area contributed by atoms with E-state index in [9.17, 15) is 19.6 Å². The van der Waals surface area contributed by atoms with Crippen molar-refractivity contribution < 1.29 is 14.4 Å². The molecule has 7 nitrogen and oxygen atoms in total. The van der Waals surface area contributed by atoms with Crippen LogP contribution in [0, 0.1) is 15.9 Å². The minimum atomic E-state index is -0.917. The fourth-order valence-corrected chi connectivity index (χ4v) is 1.94. The lowest BCUT2D eigenvalue weighted by Gasteiger charge is -2.14. The van der Waals surface area contributed by atoms with Crippen molar-refractivity contribution >= 4 is 23.0 Å². The highest BCUT2D eigenvalue weighted by Gasteiger charge is 2.13. The third kappa shape index (κ3) is 3.89. The van der Waals surface area contributed by atoms with Gasteiger partial charge in [-0.3, -0.25) is 14.8 Å². The number of halogens is 2. The first-order valence-corrected chi connectivity index (χ1v) is 6.38. The molecule has 0 bridgehead atoms. The number of anilines is 1. The van der Waals surface area contributed by atoms with Crippen molar-refractivity contribution in [3.8, 4) is 0 Å². The van der Waals surface area contributed by atoms with E-state index in [2.05, 4.69) is 10.4 Å². The van der Waals surface area contributed by atoms with E-state index in [1.165, 1.54) is 29.1 Å². The largest absolute Gasteiger partial charge is 0.389 e. The molecule has 1 aromatic heterocycles. The molecule has 0 aliphatic rings. The van der Waals surface area contributed by atoms with Crippen LogP contribution < -0.4 is 5.32 Å². The smallest absolute Gasteiger partial charge is 0.306 e. The maximum atomic E-state index is 13.5. The number of nitrogens with one attached hydrogen (secondary N) is 1. The molecular weight excluding hydrogens is 303 g/mol. The fraction of sp³-hybridized carbons (Fsp3) is 0.250. The number of nitrogens with zero attached hydrogens (tertiary/aromatic N) is 3. The fourth-order valence-electron chi connectivity index (χ4n) is 1.71. The lowest BCUT2D eigenvalue weighted by Crippen LogP contribution is -2.25. The molecule has 112 valence electrons. The van der Waals surface area contributed by atoms with Gasteiger partial charge in [0, 0.05) is 6.54 Å². The van der Waals surface area contributed by atoms with Crippen LogP contribution in [0.2, 0.25) is 5.02 Å². The minimum Gasteiger partial charge on any atom is -0.389 e. The Kier molecular flexibility index (Phi) is 4.71. The Balaban J connectivity index is 1.92. The predicted octanol–water partition coefficient (Wildman–Crippen LogP) is 2.06. The average molecular weight is 315 g/mol. The van der Waals surface area contributed by atoms with E-state index in [1.807, 2.05) is 0 Å². The molecule has 0 spiro atoms. The third-order valence-corrected chi connectivity index (χ3v) is 3.02. The number of nitro groups is 1. The Hall–Kier alpha value is -2.19. The van der Waals surface area contributed by atoms with Crippen LogP contribution in [0.5, 0.6) is 0 Å². The average Bonchev–Trinajstić information content (AvgIpc) is 2.87. The molecule has 1 unspecified atom stereocenters. The molecule has 21 heavy (non-hydrogen) atoms. The summed E-state index contributed by atoms with van der Waals surface area (Å²) in [7, 11) is 0. The normalized spacial score (nSPS) is 12.1. The number of hydrogen-bond donors (Lipinski definition) is 2. The number of aliphatic hydroxyl groups excluding tert-OH is 1. The molecule has 9 heteroatoms. The maximum absolute atomic E-state index is 13.5. The second-order valence-electron chi connectivity index (χ2n) is 4.31. The van der Waals surface area contributed by atoms with Crippen molar-refractivity contribution in [2.75, 3.05) is 11.9 Å². The lowest BCUT2D eigenvalue weighted by molar-refractivity contribution is -0.385. The quantitative estimate of drug-likeness (QED) is 0.629. The van der Waals surface area contributed by atoms with Gasteiger partial charge >= 0.3 is 5.69 Å². The third-order valence-electron chi connectivity index (χ3n) is 2.71. The standard InChI is InChI=1S/C12H12ClFN4O3/c13-10-2-1-3-11(14)12(10)15-5-9(19)7-17-6-8(4-16-17)18(20)21/h1-4,6,9,15,19H,5,7H2. The summed E-state index contributed by atoms with van der Waals surface area (Å²) in [5.74, 6) is -0.524. The van der Waals surface area contributed by atoms with E-state index in [4.69, 9.17) is 11.6 Å². The Morgan fingerprint density at radius 2 is 2.33 bits per heavy atom. The molecule has 1 heterocycles. The molecule has 0 aliphatic carbocycles. The highest BCUT2D eigenvalue weighted by atomic mass is 35.5. The van der Waals surface area contributed by atoms with Crippen molar-refractivity contribution in [1.82, 2.24) is 9.78 Å².